The molecule has 1 unspecified atom stereocenters. The Hall–Kier alpha value is -0.890. The number of anilines is 1. The number of carbonyl (C=O) groups excluding carboxylic acids is 2. The van der Waals surface area contributed by atoms with Crippen LogP contribution >= 0.6 is 40.7 Å². The molecular formula is C16H23BrCl2N4O2. The van der Waals surface area contributed by atoms with E-state index in [9.17, 15) is 9.59 Å². The lowest BCUT2D eigenvalue weighted by molar-refractivity contribution is -0.135. The summed E-state index contributed by atoms with van der Waals surface area (Å²) >= 11 is 3.30. The van der Waals surface area contributed by atoms with Gasteiger partial charge in [-0.1, -0.05) is 0 Å². The van der Waals surface area contributed by atoms with Crippen molar-refractivity contribution in [1.29, 1.82) is 0 Å². The number of rotatable bonds is 4. The largest absolute Gasteiger partial charge is 0.336 e. The summed E-state index contributed by atoms with van der Waals surface area (Å²) in [6, 6.07) is 3.53. The Morgan fingerprint density at radius 2 is 2.04 bits per heavy atom. The second-order valence-electron chi connectivity index (χ2n) is 6.47. The summed E-state index contributed by atoms with van der Waals surface area (Å²) in [5, 5.41) is 6.04. The van der Waals surface area contributed by atoms with Gasteiger partial charge < -0.3 is 15.5 Å². The lowest BCUT2D eigenvalue weighted by Crippen LogP contribution is -2.38. The summed E-state index contributed by atoms with van der Waals surface area (Å²) in [7, 11) is 1.70. The van der Waals surface area contributed by atoms with Gasteiger partial charge in [-0.15, -0.1) is 24.8 Å². The second kappa shape index (κ2) is 9.16. The van der Waals surface area contributed by atoms with E-state index < -0.39 is 0 Å². The molecule has 1 spiro atoms. The Bertz CT molecular complexity index is 609. The molecule has 1 aliphatic carbocycles. The van der Waals surface area contributed by atoms with Crippen molar-refractivity contribution < 1.29 is 9.59 Å². The Kier molecular flexibility index (Phi) is 8.12. The third-order valence-corrected chi connectivity index (χ3v) is 5.31. The molecule has 1 saturated carbocycles. The van der Waals surface area contributed by atoms with Gasteiger partial charge in [-0.3, -0.25) is 9.59 Å². The number of hydrogen-bond acceptors (Lipinski definition) is 4. The van der Waals surface area contributed by atoms with Crippen LogP contribution in [0.3, 0.4) is 0 Å². The zero-order valence-electron chi connectivity index (χ0n) is 14.0. The maximum atomic E-state index is 12.5. The fourth-order valence-electron chi connectivity index (χ4n) is 3.37. The monoisotopic (exact) mass is 452 g/mol. The van der Waals surface area contributed by atoms with Crippen LogP contribution in [0.5, 0.6) is 0 Å². The Balaban J connectivity index is 0.00000156. The minimum atomic E-state index is -0.226. The summed E-state index contributed by atoms with van der Waals surface area (Å²) in [5.41, 5.74) is 0.195. The number of piperidine rings is 1. The zero-order chi connectivity index (χ0) is 16.4. The molecule has 2 N–H and O–H groups in total. The van der Waals surface area contributed by atoms with Crippen molar-refractivity contribution in [2.45, 2.75) is 19.3 Å². The van der Waals surface area contributed by atoms with Crippen molar-refractivity contribution in [3.63, 3.8) is 0 Å². The molecule has 6 nitrogen and oxygen atoms in total. The summed E-state index contributed by atoms with van der Waals surface area (Å²) in [6.45, 7) is 2.04. The number of halogens is 3. The van der Waals surface area contributed by atoms with Gasteiger partial charge >= 0.3 is 0 Å². The van der Waals surface area contributed by atoms with Crippen molar-refractivity contribution in [2.24, 2.45) is 11.3 Å². The van der Waals surface area contributed by atoms with Crippen LogP contribution in [-0.4, -0.2) is 48.4 Å². The molecule has 2 fully saturated rings. The van der Waals surface area contributed by atoms with E-state index in [4.69, 9.17) is 0 Å². The van der Waals surface area contributed by atoms with Gasteiger partial charge in [0.05, 0.1) is 6.54 Å². The highest BCUT2D eigenvalue weighted by Gasteiger charge is 2.58. The summed E-state index contributed by atoms with van der Waals surface area (Å²) in [6.07, 6.45) is 4.71. The number of nitrogens with one attached hydrogen (secondary N) is 2. The number of amides is 2. The highest BCUT2D eigenvalue weighted by molar-refractivity contribution is 9.10. The molecule has 2 heterocycles. The van der Waals surface area contributed by atoms with E-state index in [0.717, 1.165) is 36.8 Å². The van der Waals surface area contributed by atoms with Gasteiger partial charge in [0.15, 0.2) is 0 Å². The van der Waals surface area contributed by atoms with E-state index in [1.54, 1.807) is 19.3 Å². The first-order chi connectivity index (χ1) is 11.0. The molecule has 0 radical (unpaired) electrons. The van der Waals surface area contributed by atoms with E-state index >= 15 is 0 Å². The molecule has 1 atom stereocenters. The van der Waals surface area contributed by atoms with Gasteiger partial charge in [0.2, 0.25) is 11.8 Å². The van der Waals surface area contributed by atoms with Crippen molar-refractivity contribution in [2.75, 3.05) is 32.0 Å². The van der Waals surface area contributed by atoms with Gasteiger partial charge in [-0.2, -0.15) is 0 Å². The summed E-state index contributed by atoms with van der Waals surface area (Å²) < 4.78 is 0.851. The van der Waals surface area contributed by atoms with E-state index in [1.165, 1.54) is 4.90 Å². The van der Waals surface area contributed by atoms with Crippen molar-refractivity contribution in [3.05, 3.63) is 22.8 Å². The molecule has 1 saturated heterocycles. The topological polar surface area (TPSA) is 74.3 Å². The first kappa shape index (κ1) is 22.2. The van der Waals surface area contributed by atoms with Crippen LogP contribution in [0.2, 0.25) is 0 Å². The van der Waals surface area contributed by atoms with Crippen molar-refractivity contribution in [3.8, 4) is 0 Å². The Morgan fingerprint density at radius 1 is 1.36 bits per heavy atom. The van der Waals surface area contributed by atoms with Gasteiger partial charge in [0, 0.05) is 23.6 Å². The molecule has 0 aromatic carbocycles. The lowest BCUT2D eigenvalue weighted by atomic mass is 9.91. The minimum absolute atomic E-state index is 0. The number of hydrogen-bond donors (Lipinski definition) is 2. The van der Waals surface area contributed by atoms with Gasteiger partial charge in [-0.25, -0.2) is 4.98 Å². The van der Waals surface area contributed by atoms with Crippen molar-refractivity contribution >= 4 is 58.4 Å². The molecule has 9 heteroatoms. The predicted octanol–water partition coefficient (Wildman–Crippen LogP) is 2.47. The van der Waals surface area contributed by atoms with Gasteiger partial charge in [0.25, 0.3) is 0 Å². The summed E-state index contributed by atoms with van der Waals surface area (Å²) in [5.74, 6) is 0.440. The third-order valence-electron chi connectivity index (χ3n) is 4.84. The quantitative estimate of drug-likeness (QED) is 0.734. The lowest BCUT2D eigenvalue weighted by Gasteiger charge is -2.25. The maximum Gasteiger partial charge on any atom is 0.245 e. The predicted molar refractivity (Wildman–Crippen MR) is 105 cm³/mol. The first-order valence-corrected chi connectivity index (χ1v) is 8.67. The fraction of sp³-hybridized carbons (Fsp3) is 0.562. The van der Waals surface area contributed by atoms with E-state index in [-0.39, 0.29) is 54.5 Å². The average molecular weight is 454 g/mol. The average Bonchev–Trinajstić information content (AvgIpc) is 3.22. The minimum Gasteiger partial charge on any atom is -0.336 e. The third kappa shape index (κ3) is 5.29. The molecule has 1 aromatic rings. The number of pyridine rings is 1. The number of aromatic nitrogens is 1. The van der Waals surface area contributed by atoms with E-state index in [1.807, 2.05) is 6.07 Å². The first-order valence-electron chi connectivity index (χ1n) is 7.87. The molecule has 1 aliphatic heterocycles. The second-order valence-corrected chi connectivity index (χ2v) is 7.39. The van der Waals surface area contributed by atoms with Crippen LogP contribution in [0.4, 0.5) is 5.82 Å². The standard InChI is InChI=1S/C16H21BrN4O2.2ClH/c1-21(10-14(22)20-13-3-2-11(17)9-19-13)15(23)12-8-16(12)4-6-18-7-5-16;;/h2-3,9,12,18H,4-8,10H2,1H3,(H,19,20,22);2*1H. The molecule has 25 heavy (non-hydrogen) atoms. The Morgan fingerprint density at radius 3 is 2.64 bits per heavy atom. The highest BCUT2D eigenvalue weighted by Crippen LogP contribution is 2.59. The van der Waals surface area contributed by atoms with Crippen LogP contribution in [-0.2, 0) is 9.59 Å². The molecule has 2 aliphatic rings. The number of carbonyl (C=O) groups is 2. The van der Waals surface area contributed by atoms with Crippen LogP contribution in [0, 0.1) is 11.3 Å². The molecule has 1 aromatic heterocycles. The van der Waals surface area contributed by atoms with Gasteiger partial charge in [-0.05, 0) is 65.8 Å². The fourth-order valence-corrected chi connectivity index (χ4v) is 3.60. The normalized spacial score (nSPS) is 20.0. The van der Waals surface area contributed by atoms with Crippen LogP contribution in [0.1, 0.15) is 19.3 Å². The number of nitrogens with zero attached hydrogens (tertiary/aromatic N) is 2. The molecule has 0 bridgehead atoms. The molecule has 140 valence electrons. The van der Waals surface area contributed by atoms with Crippen LogP contribution in [0.25, 0.3) is 0 Å². The molecule has 2 amide bonds. The maximum absolute atomic E-state index is 12.5. The van der Waals surface area contributed by atoms with Crippen molar-refractivity contribution in [1.82, 2.24) is 15.2 Å². The molecular weight excluding hydrogens is 431 g/mol. The summed E-state index contributed by atoms with van der Waals surface area (Å²) in [4.78, 5) is 30.2. The smallest absolute Gasteiger partial charge is 0.245 e. The van der Waals surface area contributed by atoms with E-state index in [0.29, 0.717) is 5.82 Å². The van der Waals surface area contributed by atoms with Gasteiger partial charge in [0.1, 0.15) is 5.82 Å². The highest BCUT2D eigenvalue weighted by atomic mass is 79.9. The number of likely N-dealkylation sites (N-methyl/N-ethyl adjacent to an activating group) is 1. The van der Waals surface area contributed by atoms with Crippen LogP contribution in [0.15, 0.2) is 22.8 Å². The van der Waals surface area contributed by atoms with Crippen LogP contribution < -0.4 is 10.6 Å². The molecule has 3 rings (SSSR count). The zero-order valence-corrected chi connectivity index (χ0v) is 17.2. The Labute approximate surface area is 168 Å². The van der Waals surface area contributed by atoms with E-state index in [2.05, 4.69) is 31.5 Å². The SMILES string of the molecule is CN(CC(=O)Nc1ccc(Br)cn1)C(=O)C1CC12CCNCC2.Cl.Cl.